The minimum atomic E-state index is -3.86. The molecule has 0 aliphatic heterocycles. The zero-order valence-corrected chi connectivity index (χ0v) is 10.6. The molecule has 0 aliphatic rings. The number of hydrogen-bond acceptors (Lipinski definition) is 1. The first-order chi connectivity index (χ1) is 7.06. The standard InChI is InChI=1S/C11H24O3P/c1-2-3-4-5-6-7-8-9-10-11-15(12,13)14/h11H,2-10H2,1H3,(H2,12,13,14). The molecule has 15 heavy (non-hydrogen) atoms. The molecule has 0 saturated heterocycles. The average molecular weight is 235 g/mol. The van der Waals surface area contributed by atoms with Gasteiger partial charge in [0, 0.05) is 0 Å². The molecule has 0 aromatic heterocycles. The number of hydrogen-bond donors (Lipinski definition) is 2. The van der Waals surface area contributed by atoms with Gasteiger partial charge >= 0.3 is 7.60 Å². The van der Waals surface area contributed by atoms with E-state index in [1.165, 1.54) is 38.5 Å². The largest absolute Gasteiger partial charge is 0.329 e. The van der Waals surface area contributed by atoms with Crippen molar-refractivity contribution >= 4 is 7.60 Å². The molecule has 0 atom stereocenters. The number of rotatable bonds is 10. The van der Waals surface area contributed by atoms with Crippen LogP contribution in [-0.4, -0.2) is 9.79 Å². The fraction of sp³-hybridized carbons (Fsp3) is 0.909. The summed E-state index contributed by atoms with van der Waals surface area (Å²) in [6, 6.07) is 0. The van der Waals surface area contributed by atoms with Gasteiger partial charge < -0.3 is 9.79 Å². The van der Waals surface area contributed by atoms with Crippen molar-refractivity contribution in [2.24, 2.45) is 0 Å². The summed E-state index contributed by atoms with van der Waals surface area (Å²) in [6.07, 6.45) is 11.3. The molecule has 0 aliphatic carbocycles. The average Bonchev–Trinajstić information content (AvgIpc) is 2.14. The maximum atomic E-state index is 10.5. The summed E-state index contributed by atoms with van der Waals surface area (Å²) in [5, 5.41) is 0. The summed E-state index contributed by atoms with van der Waals surface area (Å²) in [5.74, 6) is 0. The minimum absolute atomic E-state index is 0.541. The van der Waals surface area contributed by atoms with Gasteiger partial charge in [-0.25, -0.2) is 0 Å². The monoisotopic (exact) mass is 235 g/mol. The van der Waals surface area contributed by atoms with E-state index in [4.69, 9.17) is 9.79 Å². The molecule has 0 saturated carbocycles. The highest BCUT2D eigenvalue weighted by atomic mass is 31.2. The molecular formula is C11H24O3P. The molecule has 0 amide bonds. The van der Waals surface area contributed by atoms with Crippen LogP contribution in [0.25, 0.3) is 0 Å². The van der Waals surface area contributed by atoms with Crippen LogP contribution in [0.3, 0.4) is 0 Å². The molecule has 0 spiro atoms. The van der Waals surface area contributed by atoms with Gasteiger partial charge in [0.2, 0.25) is 0 Å². The van der Waals surface area contributed by atoms with Crippen LogP contribution in [0.15, 0.2) is 0 Å². The van der Waals surface area contributed by atoms with Gasteiger partial charge in [0.1, 0.15) is 0 Å². The van der Waals surface area contributed by atoms with E-state index in [-0.39, 0.29) is 0 Å². The lowest BCUT2D eigenvalue weighted by Gasteiger charge is -2.03. The van der Waals surface area contributed by atoms with Crippen LogP contribution in [0.5, 0.6) is 0 Å². The topological polar surface area (TPSA) is 57.5 Å². The van der Waals surface area contributed by atoms with Crippen molar-refractivity contribution < 1.29 is 14.4 Å². The molecule has 0 rings (SSSR count). The summed E-state index contributed by atoms with van der Waals surface area (Å²) in [4.78, 5) is 17.1. The molecule has 0 unspecified atom stereocenters. The Hall–Kier alpha value is 0.150. The fourth-order valence-electron chi connectivity index (χ4n) is 1.54. The molecule has 0 bridgehead atoms. The van der Waals surface area contributed by atoms with Crippen molar-refractivity contribution in [2.45, 2.75) is 64.7 Å². The molecule has 2 N–H and O–H groups in total. The van der Waals surface area contributed by atoms with Crippen LogP contribution >= 0.6 is 7.60 Å². The highest BCUT2D eigenvalue weighted by Gasteiger charge is 2.11. The summed E-state index contributed by atoms with van der Waals surface area (Å²) < 4.78 is 10.5. The van der Waals surface area contributed by atoms with E-state index < -0.39 is 7.60 Å². The molecule has 0 fully saturated rings. The Bertz CT molecular complexity index is 177. The highest BCUT2D eigenvalue weighted by molar-refractivity contribution is 7.54. The lowest BCUT2D eigenvalue weighted by Crippen LogP contribution is -1.83. The SMILES string of the molecule is CCCCCCCCCC[CH]P(=O)(O)O. The van der Waals surface area contributed by atoms with E-state index in [1.54, 1.807) is 0 Å². The van der Waals surface area contributed by atoms with Crippen LogP contribution in [0.2, 0.25) is 0 Å². The predicted octanol–water partition coefficient (Wildman–Crippen LogP) is 3.86. The molecule has 91 valence electrons. The smallest absolute Gasteiger partial charge is 0.324 e. The molecule has 1 radical (unpaired) electrons. The third-order valence-electron chi connectivity index (χ3n) is 2.42. The van der Waals surface area contributed by atoms with Crippen LogP contribution in [0.4, 0.5) is 0 Å². The van der Waals surface area contributed by atoms with Gasteiger partial charge in [-0.15, -0.1) is 0 Å². The Balaban J connectivity index is 3.02. The zero-order valence-electron chi connectivity index (χ0n) is 9.69. The normalized spacial score (nSPS) is 11.9. The van der Waals surface area contributed by atoms with Gasteiger partial charge in [0.25, 0.3) is 0 Å². The Morgan fingerprint density at radius 2 is 1.40 bits per heavy atom. The fourth-order valence-corrected chi connectivity index (χ4v) is 2.06. The quantitative estimate of drug-likeness (QED) is 0.446. The third-order valence-corrected chi connectivity index (χ3v) is 3.16. The molecular weight excluding hydrogens is 211 g/mol. The number of unbranched alkanes of at least 4 members (excludes halogenated alkanes) is 8. The van der Waals surface area contributed by atoms with E-state index in [9.17, 15) is 4.57 Å². The lowest BCUT2D eigenvalue weighted by atomic mass is 10.1. The molecule has 0 heterocycles. The highest BCUT2D eigenvalue weighted by Crippen LogP contribution is 2.40. The van der Waals surface area contributed by atoms with Crippen molar-refractivity contribution in [1.82, 2.24) is 0 Å². The summed E-state index contributed by atoms with van der Waals surface area (Å²) >= 11 is 0. The maximum absolute atomic E-state index is 10.5. The second kappa shape index (κ2) is 9.38. The maximum Gasteiger partial charge on any atom is 0.329 e. The van der Waals surface area contributed by atoms with Crippen molar-refractivity contribution in [1.29, 1.82) is 0 Å². The molecule has 0 aromatic carbocycles. The van der Waals surface area contributed by atoms with E-state index in [1.807, 2.05) is 0 Å². The van der Waals surface area contributed by atoms with Gasteiger partial charge in [0.15, 0.2) is 0 Å². The molecule has 0 aromatic rings. The first-order valence-corrected chi connectivity index (χ1v) is 7.64. The van der Waals surface area contributed by atoms with Crippen LogP contribution in [0.1, 0.15) is 64.7 Å². The van der Waals surface area contributed by atoms with E-state index in [0.717, 1.165) is 19.0 Å². The minimum Gasteiger partial charge on any atom is -0.324 e. The van der Waals surface area contributed by atoms with Gasteiger partial charge in [-0.1, -0.05) is 58.3 Å². The van der Waals surface area contributed by atoms with Crippen LogP contribution < -0.4 is 0 Å². The third kappa shape index (κ3) is 14.2. The van der Waals surface area contributed by atoms with Gasteiger partial charge in [0.05, 0.1) is 6.16 Å². The van der Waals surface area contributed by atoms with Crippen LogP contribution in [-0.2, 0) is 4.57 Å². The Morgan fingerprint density at radius 1 is 0.933 bits per heavy atom. The first kappa shape index (κ1) is 15.2. The Kier molecular flexibility index (Phi) is 9.48. The Morgan fingerprint density at radius 3 is 1.87 bits per heavy atom. The summed E-state index contributed by atoms with van der Waals surface area (Å²) in [6.45, 7) is 2.21. The van der Waals surface area contributed by atoms with Gasteiger partial charge in [-0.3, -0.25) is 4.57 Å². The zero-order chi connectivity index (χ0) is 11.6. The van der Waals surface area contributed by atoms with Crippen molar-refractivity contribution in [3.63, 3.8) is 0 Å². The Labute approximate surface area is 93.4 Å². The van der Waals surface area contributed by atoms with Gasteiger partial charge in [-0.05, 0) is 6.42 Å². The molecule has 4 heteroatoms. The molecule has 3 nitrogen and oxygen atoms in total. The lowest BCUT2D eigenvalue weighted by molar-refractivity contribution is 0.378. The van der Waals surface area contributed by atoms with Crippen molar-refractivity contribution in [3.8, 4) is 0 Å². The predicted molar refractivity (Wildman–Crippen MR) is 63.6 cm³/mol. The summed E-state index contributed by atoms with van der Waals surface area (Å²) in [7, 11) is -3.86. The van der Waals surface area contributed by atoms with E-state index in [2.05, 4.69) is 6.92 Å². The van der Waals surface area contributed by atoms with Gasteiger partial charge in [-0.2, -0.15) is 0 Å². The second-order valence-corrected chi connectivity index (χ2v) is 5.58. The van der Waals surface area contributed by atoms with Crippen molar-refractivity contribution in [3.05, 3.63) is 6.16 Å². The second-order valence-electron chi connectivity index (χ2n) is 4.04. The van der Waals surface area contributed by atoms with E-state index in [0.29, 0.717) is 6.42 Å². The first-order valence-electron chi connectivity index (χ1n) is 5.96. The van der Waals surface area contributed by atoms with Crippen molar-refractivity contribution in [2.75, 3.05) is 0 Å². The van der Waals surface area contributed by atoms with E-state index >= 15 is 0 Å². The summed E-state index contributed by atoms with van der Waals surface area (Å²) in [5.41, 5.74) is 0. The van der Waals surface area contributed by atoms with Crippen LogP contribution in [0, 0.1) is 6.16 Å².